The van der Waals surface area contributed by atoms with Crippen LogP contribution in [-0.4, -0.2) is 6.04 Å². The SMILES string of the molecule is Cc1cccc(CC[C@@H](C)N)c1. The van der Waals surface area contributed by atoms with E-state index in [4.69, 9.17) is 5.73 Å². The molecule has 0 bridgehead atoms. The highest BCUT2D eigenvalue weighted by Crippen LogP contribution is 2.07. The Kier molecular flexibility index (Phi) is 3.30. The summed E-state index contributed by atoms with van der Waals surface area (Å²) in [5.41, 5.74) is 8.40. The average Bonchev–Trinajstić information content (AvgIpc) is 2.01. The van der Waals surface area contributed by atoms with E-state index >= 15 is 0 Å². The molecular formula is C11H17N. The van der Waals surface area contributed by atoms with Gasteiger partial charge in [-0.25, -0.2) is 0 Å². The maximum Gasteiger partial charge on any atom is 0.00136 e. The number of aryl methyl sites for hydroxylation is 2. The number of nitrogens with two attached hydrogens (primary N) is 1. The van der Waals surface area contributed by atoms with Crippen molar-refractivity contribution in [2.24, 2.45) is 5.73 Å². The topological polar surface area (TPSA) is 26.0 Å². The molecular weight excluding hydrogens is 146 g/mol. The summed E-state index contributed by atoms with van der Waals surface area (Å²) in [7, 11) is 0. The fourth-order valence-electron chi connectivity index (χ4n) is 1.26. The molecule has 1 atom stereocenters. The largest absolute Gasteiger partial charge is 0.328 e. The molecule has 0 spiro atoms. The first-order valence-corrected chi connectivity index (χ1v) is 4.49. The molecule has 0 aliphatic heterocycles. The maximum absolute atomic E-state index is 5.68. The molecule has 0 unspecified atom stereocenters. The van der Waals surface area contributed by atoms with Crippen molar-refractivity contribution < 1.29 is 0 Å². The molecule has 66 valence electrons. The van der Waals surface area contributed by atoms with Gasteiger partial charge in [-0.1, -0.05) is 29.8 Å². The summed E-state index contributed by atoms with van der Waals surface area (Å²) in [5, 5.41) is 0. The van der Waals surface area contributed by atoms with E-state index in [1.54, 1.807) is 0 Å². The van der Waals surface area contributed by atoms with E-state index in [0.717, 1.165) is 12.8 Å². The second kappa shape index (κ2) is 4.27. The van der Waals surface area contributed by atoms with Gasteiger partial charge in [-0.05, 0) is 32.3 Å². The Hall–Kier alpha value is -0.820. The van der Waals surface area contributed by atoms with E-state index < -0.39 is 0 Å². The molecule has 12 heavy (non-hydrogen) atoms. The van der Waals surface area contributed by atoms with Crippen LogP contribution in [0.1, 0.15) is 24.5 Å². The molecule has 0 fully saturated rings. The van der Waals surface area contributed by atoms with Crippen molar-refractivity contribution in [2.45, 2.75) is 32.7 Å². The lowest BCUT2D eigenvalue weighted by molar-refractivity contribution is 0.666. The number of hydrogen-bond donors (Lipinski definition) is 1. The van der Waals surface area contributed by atoms with Crippen LogP contribution in [0.5, 0.6) is 0 Å². The Morgan fingerprint density at radius 2 is 2.17 bits per heavy atom. The van der Waals surface area contributed by atoms with Crippen molar-refractivity contribution in [3.63, 3.8) is 0 Å². The lowest BCUT2D eigenvalue weighted by atomic mass is 10.0. The van der Waals surface area contributed by atoms with E-state index in [9.17, 15) is 0 Å². The van der Waals surface area contributed by atoms with E-state index in [2.05, 4.69) is 38.1 Å². The van der Waals surface area contributed by atoms with Crippen LogP contribution in [0.25, 0.3) is 0 Å². The molecule has 2 N–H and O–H groups in total. The van der Waals surface area contributed by atoms with Crippen LogP contribution < -0.4 is 5.73 Å². The van der Waals surface area contributed by atoms with E-state index in [1.807, 2.05) is 0 Å². The van der Waals surface area contributed by atoms with Crippen LogP contribution in [0, 0.1) is 6.92 Å². The summed E-state index contributed by atoms with van der Waals surface area (Å²) in [6.07, 6.45) is 2.17. The zero-order chi connectivity index (χ0) is 8.97. The fraction of sp³-hybridized carbons (Fsp3) is 0.455. The lowest BCUT2D eigenvalue weighted by Gasteiger charge is -2.05. The second-order valence-electron chi connectivity index (χ2n) is 3.51. The molecule has 0 radical (unpaired) electrons. The van der Waals surface area contributed by atoms with Gasteiger partial charge >= 0.3 is 0 Å². The minimum absolute atomic E-state index is 0.311. The van der Waals surface area contributed by atoms with Crippen LogP contribution in [0.4, 0.5) is 0 Å². The molecule has 0 saturated heterocycles. The highest BCUT2D eigenvalue weighted by atomic mass is 14.6. The Morgan fingerprint density at radius 3 is 2.75 bits per heavy atom. The number of rotatable bonds is 3. The predicted molar refractivity (Wildman–Crippen MR) is 53.1 cm³/mol. The first kappa shape index (κ1) is 9.27. The van der Waals surface area contributed by atoms with Gasteiger partial charge < -0.3 is 5.73 Å². The van der Waals surface area contributed by atoms with E-state index in [-0.39, 0.29) is 0 Å². The molecule has 0 aliphatic rings. The third-order valence-electron chi connectivity index (χ3n) is 1.97. The van der Waals surface area contributed by atoms with Gasteiger partial charge in [-0.3, -0.25) is 0 Å². The molecule has 0 aromatic heterocycles. The lowest BCUT2D eigenvalue weighted by Crippen LogP contribution is -2.15. The van der Waals surface area contributed by atoms with Crippen molar-refractivity contribution in [1.29, 1.82) is 0 Å². The Balaban J connectivity index is 2.52. The second-order valence-corrected chi connectivity index (χ2v) is 3.51. The molecule has 0 amide bonds. The summed E-state index contributed by atoms with van der Waals surface area (Å²) in [4.78, 5) is 0. The normalized spacial score (nSPS) is 12.9. The van der Waals surface area contributed by atoms with Gasteiger partial charge in [0.15, 0.2) is 0 Å². The summed E-state index contributed by atoms with van der Waals surface area (Å²) >= 11 is 0. The highest BCUT2D eigenvalue weighted by Gasteiger charge is 1.96. The minimum atomic E-state index is 0.311. The molecule has 1 aromatic carbocycles. The molecule has 1 heteroatoms. The van der Waals surface area contributed by atoms with Crippen LogP contribution >= 0.6 is 0 Å². The van der Waals surface area contributed by atoms with Gasteiger partial charge in [0, 0.05) is 6.04 Å². The third kappa shape index (κ3) is 3.05. The molecule has 0 heterocycles. The zero-order valence-electron chi connectivity index (χ0n) is 7.88. The van der Waals surface area contributed by atoms with Crippen LogP contribution in [-0.2, 0) is 6.42 Å². The summed E-state index contributed by atoms with van der Waals surface area (Å²) < 4.78 is 0. The van der Waals surface area contributed by atoms with Gasteiger partial charge in [0.25, 0.3) is 0 Å². The fourth-order valence-corrected chi connectivity index (χ4v) is 1.26. The zero-order valence-corrected chi connectivity index (χ0v) is 7.88. The highest BCUT2D eigenvalue weighted by molar-refractivity contribution is 5.22. The standard InChI is InChI=1S/C11H17N/c1-9-4-3-5-11(8-9)7-6-10(2)12/h3-5,8,10H,6-7,12H2,1-2H3/t10-/m1/s1. The monoisotopic (exact) mass is 163 g/mol. The summed E-state index contributed by atoms with van der Waals surface area (Å²) in [5.74, 6) is 0. The van der Waals surface area contributed by atoms with E-state index in [0.29, 0.717) is 6.04 Å². The number of benzene rings is 1. The van der Waals surface area contributed by atoms with E-state index in [1.165, 1.54) is 11.1 Å². The average molecular weight is 163 g/mol. The van der Waals surface area contributed by atoms with Gasteiger partial charge in [0.2, 0.25) is 0 Å². The summed E-state index contributed by atoms with van der Waals surface area (Å²) in [6, 6.07) is 8.92. The molecule has 0 saturated carbocycles. The Bertz CT molecular complexity index is 241. The quantitative estimate of drug-likeness (QED) is 0.726. The van der Waals surface area contributed by atoms with Crippen molar-refractivity contribution in [3.05, 3.63) is 35.4 Å². The Morgan fingerprint density at radius 1 is 1.42 bits per heavy atom. The Labute approximate surface area is 74.6 Å². The van der Waals surface area contributed by atoms with Gasteiger partial charge in [-0.15, -0.1) is 0 Å². The van der Waals surface area contributed by atoms with Gasteiger partial charge in [-0.2, -0.15) is 0 Å². The van der Waals surface area contributed by atoms with Gasteiger partial charge in [0.05, 0.1) is 0 Å². The third-order valence-corrected chi connectivity index (χ3v) is 1.97. The predicted octanol–water partition coefficient (Wildman–Crippen LogP) is 2.27. The van der Waals surface area contributed by atoms with Gasteiger partial charge in [0.1, 0.15) is 0 Å². The van der Waals surface area contributed by atoms with Crippen LogP contribution in [0.15, 0.2) is 24.3 Å². The van der Waals surface area contributed by atoms with Crippen LogP contribution in [0.3, 0.4) is 0 Å². The van der Waals surface area contributed by atoms with Crippen molar-refractivity contribution in [2.75, 3.05) is 0 Å². The summed E-state index contributed by atoms with van der Waals surface area (Å²) in [6.45, 7) is 4.17. The molecule has 1 nitrogen and oxygen atoms in total. The smallest absolute Gasteiger partial charge is 0.00136 e. The number of hydrogen-bond acceptors (Lipinski definition) is 1. The first-order chi connectivity index (χ1) is 5.68. The molecule has 0 aliphatic carbocycles. The first-order valence-electron chi connectivity index (χ1n) is 4.49. The van der Waals surface area contributed by atoms with Crippen molar-refractivity contribution >= 4 is 0 Å². The molecule has 1 rings (SSSR count). The van der Waals surface area contributed by atoms with Crippen molar-refractivity contribution in [3.8, 4) is 0 Å². The minimum Gasteiger partial charge on any atom is -0.328 e. The van der Waals surface area contributed by atoms with Crippen LogP contribution in [0.2, 0.25) is 0 Å². The maximum atomic E-state index is 5.68. The van der Waals surface area contributed by atoms with Crippen molar-refractivity contribution in [1.82, 2.24) is 0 Å². The molecule has 1 aromatic rings.